The van der Waals surface area contributed by atoms with E-state index in [4.69, 9.17) is 16.3 Å². The minimum atomic E-state index is -0.164. The van der Waals surface area contributed by atoms with Gasteiger partial charge in [0.15, 0.2) is 0 Å². The van der Waals surface area contributed by atoms with E-state index in [9.17, 15) is 4.79 Å². The van der Waals surface area contributed by atoms with Crippen molar-refractivity contribution in [2.75, 3.05) is 25.6 Å². The normalized spacial score (nSPS) is 10.4. The summed E-state index contributed by atoms with van der Waals surface area (Å²) in [7, 11) is 1.62. The lowest BCUT2D eigenvalue weighted by atomic mass is 10.3. The fraction of sp³-hybridized carbons (Fsp3) is 0.267. The van der Waals surface area contributed by atoms with E-state index < -0.39 is 0 Å². The Labute approximate surface area is 133 Å². The van der Waals surface area contributed by atoms with Gasteiger partial charge in [0.05, 0.1) is 13.2 Å². The number of benzene rings is 1. The molecule has 0 fully saturated rings. The average Bonchev–Trinajstić information content (AvgIpc) is 2.96. The molecule has 0 atom stereocenters. The maximum absolute atomic E-state index is 12.4. The first-order chi connectivity index (χ1) is 10.2. The van der Waals surface area contributed by atoms with Crippen molar-refractivity contribution in [3.63, 3.8) is 0 Å². The van der Waals surface area contributed by atoms with Crippen LogP contribution < -0.4 is 5.32 Å². The van der Waals surface area contributed by atoms with Crippen molar-refractivity contribution < 1.29 is 9.53 Å². The van der Waals surface area contributed by atoms with E-state index in [1.54, 1.807) is 41.5 Å². The summed E-state index contributed by atoms with van der Waals surface area (Å²) in [6.45, 7) is 1.59. The fourth-order valence-corrected chi connectivity index (χ4v) is 2.72. The van der Waals surface area contributed by atoms with Gasteiger partial charge in [-0.1, -0.05) is 23.7 Å². The molecule has 1 N–H and O–H groups in total. The fourth-order valence-electron chi connectivity index (χ4n) is 1.81. The van der Waals surface area contributed by atoms with E-state index in [-0.39, 0.29) is 6.03 Å². The lowest BCUT2D eigenvalue weighted by molar-refractivity contribution is 0.153. The first-order valence-corrected chi connectivity index (χ1v) is 7.77. The van der Waals surface area contributed by atoms with Crippen molar-refractivity contribution in [1.82, 2.24) is 4.90 Å². The zero-order valence-corrected chi connectivity index (χ0v) is 13.3. The summed E-state index contributed by atoms with van der Waals surface area (Å²) in [6.07, 6.45) is 0. The molecule has 0 aliphatic rings. The summed E-state index contributed by atoms with van der Waals surface area (Å²) in [5, 5.41) is 5.45. The molecule has 2 rings (SSSR count). The standard InChI is InChI=1S/C15H17ClN2O2S/c1-20-8-7-18(11-14-6-3-9-21-14)15(19)17-13-5-2-4-12(16)10-13/h2-6,9-10H,7-8,11H2,1H3,(H,17,19). The van der Waals surface area contributed by atoms with E-state index in [1.807, 2.05) is 23.6 Å². The number of urea groups is 1. The van der Waals surface area contributed by atoms with Crippen molar-refractivity contribution in [2.24, 2.45) is 0 Å². The number of rotatable bonds is 6. The molecule has 0 saturated heterocycles. The van der Waals surface area contributed by atoms with Crippen LogP contribution in [-0.4, -0.2) is 31.2 Å². The highest BCUT2D eigenvalue weighted by atomic mass is 35.5. The van der Waals surface area contributed by atoms with Crippen LogP contribution in [0.15, 0.2) is 41.8 Å². The Balaban J connectivity index is 2.02. The van der Waals surface area contributed by atoms with E-state index in [1.165, 1.54) is 0 Å². The molecule has 1 heterocycles. The molecule has 0 saturated carbocycles. The van der Waals surface area contributed by atoms with Crippen molar-refractivity contribution in [3.05, 3.63) is 51.7 Å². The van der Waals surface area contributed by atoms with Crippen LogP contribution in [0.4, 0.5) is 10.5 Å². The maximum Gasteiger partial charge on any atom is 0.322 e. The molecule has 0 aliphatic heterocycles. The van der Waals surface area contributed by atoms with Crippen LogP contribution in [0, 0.1) is 0 Å². The van der Waals surface area contributed by atoms with Crippen molar-refractivity contribution in [1.29, 1.82) is 0 Å². The monoisotopic (exact) mass is 324 g/mol. The van der Waals surface area contributed by atoms with Crippen molar-refractivity contribution in [2.45, 2.75) is 6.54 Å². The number of amides is 2. The van der Waals surface area contributed by atoms with Crippen molar-refractivity contribution >= 4 is 34.7 Å². The lowest BCUT2D eigenvalue weighted by Gasteiger charge is -2.22. The molecule has 1 aromatic carbocycles. The van der Waals surface area contributed by atoms with Crippen LogP contribution in [0.25, 0.3) is 0 Å². The Bertz CT molecular complexity index is 575. The maximum atomic E-state index is 12.4. The van der Waals surface area contributed by atoms with Gasteiger partial charge in [-0.2, -0.15) is 0 Å². The number of ether oxygens (including phenoxy) is 1. The number of carbonyl (C=O) groups is 1. The Kier molecular flexibility index (Phi) is 6.04. The third-order valence-electron chi connectivity index (χ3n) is 2.86. The third kappa shape index (κ3) is 5.04. The number of carbonyl (C=O) groups excluding carboxylic acids is 1. The molecule has 0 radical (unpaired) electrons. The van der Waals surface area contributed by atoms with E-state index in [0.717, 1.165) is 4.88 Å². The van der Waals surface area contributed by atoms with Gasteiger partial charge in [-0.15, -0.1) is 11.3 Å². The highest BCUT2D eigenvalue weighted by Crippen LogP contribution is 2.17. The summed E-state index contributed by atoms with van der Waals surface area (Å²) in [6, 6.07) is 10.9. The predicted molar refractivity (Wildman–Crippen MR) is 87.1 cm³/mol. The van der Waals surface area contributed by atoms with Gasteiger partial charge in [0.2, 0.25) is 0 Å². The predicted octanol–water partition coefficient (Wildman–Crippen LogP) is 4.08. The number of nitrogens with one attached hydrogen (secondary N) is 1. The van der Waals surface area contributed by atoms with Crippen LogP contribution in [0.2, 0.25) is 5.02 Å². The number of thiophene rings is 1. The molecule has 112 valence electrons. The number of halogens is 1. The number of nitrogens with zero attached hydrogens (tertiary/aromatic N) is 1. The first kappa shape index (κ1) is 15.8. The molecule has 0 spiro atoms. The SMILES string of the molecule is COCCN(Cc1cccs1)C(=O)Nc1cccc(Cl)c1. The molecule has 0 unspecified atom stereocenters. The average molecular weight is 325 g/mol. The first-order valence-electron chi connectivity index (χ1n) is 6.52. The molecule has 2 amide bonds. The Morgan fingerprint density at radius 3 is 2.90 bits per heavy atom. The Morgan fingerprint density at radius 2 is 2.24 bits per heavy atom. The van der Waals surface area contributed by atoms with Gasteiger partial charge < -0.3 is 15.0 Å². The second kappa shape index (κ2) is 8.02. The summed E-state index contributed by atoms with van der Waals surface area (Å²) >= 11 is 7.55. The van der Waals surface area contributed by atoms with Gasteiger partial charge in [-0.25, -0.2) is 4.79 Å². The second-order valence-corrected chi connectivity index (χ2v) is 5.90. The molecule has 0 aliphatic carbocycles. The molecular weight excluding hydrogens is 308 g/mol. The molecule has 21 heavy (non-hydrogen) atoms. The lowest BCUT2D eigenvalue weighted by Crippen LogP contribution is -2.36. The van der Waals surface area contributed by atoms with Crippen LogP contribution in [0.5, 0.6) is 0 Å². The van der Waals surface area contributed by atoms with Crippen molar-refractivity contribution in [3.8, 4) is 0 Å². The second-order valence-electron chi connectivity index (χ2n) is 4.43. The summed E-state index contributed by atoms with van der Waals surface area (Å²) in [5.74, 6) is 0. The number of anilines is 1. The highest BCUT2D eigenvalue weighted by molar-refractivity contribution is 7.09. The minimum absolute atomic E-state index is 0.164. The number of methoxy groups -OCH3 is 1. The van der Waals surface area contributed by atoms with E-state index >= 15 is 0 Å². The molecule has 1 aromatic heterocycles. The Hall–Kier alpha value is -1.56. The molecular formula is C15H17ClN2O2S. The molecule has 2 aromatic rings. The van der Waals surface area contributed by atoms with Crippen LogP contribution in [0.3, 0.4) is 0 Å². The van der Waals surface area contributed by atoms with Gasteiger partial charge in [0, 0.05) is 29.2 Å². The number of hydrogen-bond donors (Lipinski definition) is 1. The van der Waals surface area contributed by atoms with E-state index in [2.05, 4.69) is 5.32 Å². The van der Waals surface area contributed by atoms with Gasteiger partial charge in [-0.05, 0) is 29.6 Å². The van der Waals surface area contributed by atoms with Gasteiger partial charge >= 0.3 is 6.03 Å². The molecule has 4 nitrogen and oxygen atoms in total. The van der Waals surface area contributed by atoms with Crippen LogP contribution in [-0.2, 0) is 11.3 Å². The molecule has 6 heteroatoms. The number of hydrogen-bond acceptors (Lipinski definition) is 3. The largest absolute Gasteiger partial charge is 0.383 e. The quantitative estimate of drug-likeness (QED) is 0.869. The van der Waals surface area contributed by atoms with Gasteiger partial charge in [0.1, 0.15) is 0 Å². The smallest absolute Gasteiger partial charge is 0.322 e. The summed E-state index contributed by atoms with van der Waals surface area (Å²) < 4.78 is 5.07. The third-order valence-corrected chi connectivity index (χ3v) is 3.95. The van der Waals surface area contributed by atoms with E-state index in [0.29, 0.717) is 30.4 Å². The highest BCUT2D eigenvalue weighted by Gasteiger charge is 2.14. The zero-order chi connectivity index (χ0) is 15.1. The van der Waals surface area contributed by atoms with Crippen LogP contribution in [0.1, 0.15) is 4.88 Å². The van der Waals surface area contributed by atoms with Crippen LogP contribution >= 0.6 is 22.9 Å². The van der Waals surface area contributed by atoms with Gasteiger partial charge in [0.25, 0.3) is 0 Å². The summed E-state index contributed by atoms with van der Waals surface area (Å²) in [4.78, 5) is 15.2. The topological polar surface area (TPSA) is 41.6 Å². The Morgan fingerprint density at radius 1 is 1.38 bits per heavy atom. The summed E-state index contributed by atoms with van der Waals surface area (Å²) in [5.41, 5.74) is 0.682. The minimum Gasteiger partial charge on any atom is -0.383 e. The molecule has 0 bridgehead atoms. The van der Waals surface area contributed by atoms with Gasteiger partial charge in [-0.3, -0.25) is 0 Å². The zero-order valence-electron chi connectivity index (χ0n) is 11.7.